The lowest BCUT2D eigenvalue weighted by Gasteiger charge is -2.40. The number of rotatable bonds is 1. The molecule has 0 N–H and O–H groups in total. The second-order valence-corrected chi connectivity index (χ2v) is 4.41. The molecule has 84 valence electrons. The van der Waals surface area contributed by atoms with Crippen molar-refractivity contribution in [1.29, 1.82) is 0 Å². The Morgan fingerprint density at radius 2 is 1.93 bits per heavy atom. The van der Waals surface area contributed by atoms with Crippen LogP contribution in [0.2, 0.25) is 0 Å². The highest BCUT2D eigenvalue weighted by Gasteiger charge is 2.35. The molecule has 0 aromatic rings. The van der Waals surface area contributed by atoms with E-state index in [1.54, 1.807) is 0 Å². The quantitative estimate of drug-likeness (QED) is 0.601. The van der Waals surface area contributed by atoms with Crippen LogP contribution >= 0.6 is 0 Å². The Bertz CT molecular complexity index is 271. The van der Waals surface area contributed by atoms with Gasteiger partial charge in [0.2, 0.25) is 5.91 Å². The molecule has 2 rings (SSSR count). The summed E-state index contributed by atoms with van der Waals surface area (Å²) in [5, 5.41) is 0. The van der Waals surface area contributed by atoms with E-state index < -0.39 is 0 Å². The Hall–Kier alpha value is -0.900. The summed E-state index contributed by atoms with van der Waals surface area (Å²) in [7, 11) is 0. The maximum Gasteiger partial charge on any atom is 0.230 e. The molecule has 4 nitrogen and oxygen atoms in total. The Labute approximate surface area is 89.6 Å². The molecule has 0 bridgehead atoms. The van der Waals surface area contributed by atoms with Crippen molar-refractivity contribution in [1.82, 2.24) is 4.90 Å². The number of ether oxygens (including phenoxy) is 1. The number of hydrogen-bond acceptors (Lipinski definition) is 3. The first-order valence-electron chi connectivity index (χ1n) is 5.59. The minimum atomic E-state index is 0.00523. The topological polar surface area (TPSA) is 46.6 Å². The lowest BCUT2D eigenvalue weighted by molar-refractivity contribution is -0.146. The van der Waals surface area contributed by atoms with Gasteiger partial charge >= 0.3 is 0 Å². The molecule has 0 aliphatic carbocycles. The van der Waals surface area contributed by atoms with Gasteiger partial charge in [0.05, 0.1) is 6.42 Å². The van der Waals surface area contributed by atoms with Crippen molar-refractivity contribution in [2.24, 2.45) is 0 Å². The lowest BCUT2D eigenvalue weighted by atomic mass is 9.96. The van der Waals surface area contributed by atoms with E-state index >= 15 is 0 Å². The Kier molecular flexibility index (Phi) is 3.05. The number of Topliss-reactive ketones (excluding diaryl/α,β-unsaturated/α-hetero) is 1. The summed E-state index contributed by atoms with van der Waals surface area (Å²) in [5.74, 6) is 0.0847. The largest absolute Gasteiger partial charge is 0.381 e. The van der Waals surface area contributed by atoms with E-state index in [2.05, 4.69) is 0 Å². The normalized spacial score (nSPS) is 29.7. The summed E-state index contributed by atoms with van der Waals surface area (Å²) in [6, 6.07) is 0.358. The average Bonchev–Trinajstić information content (AvgIpc) is 2.17. The molecule has 2 saturated heterocycles. The fourth-order valence-electron chi connectivity index (χ4n) is 2.53. The molecule has 0 spiro atoms. The molecule has 2 heterocycles. The smallest absolute Gasteiger partial charge is 0.230 e. The minimum Gasteiger partial charge on any atom is -0.381 e. The fraction of sp³-hybridized carbons (Fsp3) is 0.818. The van der Waals surface area contributed by atoms with Crippen molar-refractivity contribution in [2.45, 2.75) is 44.7 Å². The second-order valence-electron chi connectivity index (χ2n) is 4.41. The van der Waals surface area contributed by atoms with E-state index in [4.69, 9.17) is 4.74 Å². The maximum atomic E-state index is 11.8. The van der Waals surface area contributed by atoms with Gasteiger partial charge in [-0.15, -0.1) is 0 Å². The standard InChI is InChI=1S/C11H17NO3/c1-8-6-10(13)7-11(14)12(8)9-2-4-15-5-3-9/h8-9H,2-7H2,1H3. The number of piperidine rings is 1. The van der Waals surface area contributed by atoms with Gasteiger partial charge in [-0.25, -0.2) is 0 Å². The van der Waals surface area contributed by atoms with Gasteiger partial charge in [0.15, 0.2) is 0 Å². The zero-order valence-electron chi connectivity index (χ0n) is 9.07. The zero-order valence-corrected chi connectivity index (χ0v) is 9.07. The average molecular weight is 211 g/mol. The molecule has 0 saturated carbocycles. The molecule has 2 fully saturated rings. The monoisotopic (exact) mass is 211 g/mol. The highest BCUT2D eigenvalue weighted by molar-refractivity contribution is 6.00. The number of likely N-dealkylation sites (tertiary alicyclic amines) is 1. The molecule has 1 amide bonds. The third-order valence-corrected chi connectivity index (χ3v) is 3.22. The van der Waals surface area contributed by atoms with Gasteiger partial charge < -0.3 is 9.64 Å². The summed E-state index contributed by atoms with van der Waals surface area (Å²) in [5.41, 5.74) is 0. The third-order valence-electron chi connectivity index (χ3n) is 3.22. The van der Waals surface area contributed by atoms with E-state index in [1.165, 1.54) is 0 Å². The molecule has 0 aromatic carbocycles. The van der Waals surface area contributed by atoms with E-state index in [-0.39, 0.29) is 30.2 Å². The summed E-state index contributed by atoms with van der Waals surface area (Å²) in [4.78, 5) is 24.9. The van der Waals surface area contributed by atoms with Crippen LogP contribution in [0.5, 0.6) is 0 Å². The van der Waals surface area contributed by atoms with Crippen molar-refractivity contribution in [3.05, 3.63) is 0 Å². The first-order chi connectivity index (χ1) is 7.18. The van der Waals surface area contributed by atoms with E-state index in [1.807, 2.05) is 11.8 Å². The highest BCUT2D eigenvalue weighted by atomic mass is 16.5. The summed E-state index contributed by atoms with van der Waals surface area (Å²) < 4.78 is 5.28. The molecule has 2 aliphatic heterocycles. The van der Waals surface area contributed by atoms with Crippen LogP contribution < -0.4 is 0 Å². The molecule has 1 unspecified atom stereocenters. The Morgan fingerprint density at radius 1 is 1.27 bits per heavy atom. The number of nitrogens with zero attached hydrogens (tertiary/aromatic N) is 1. The number of hydrogen-bond donors (Lipinski definition) is 0. The predicted molar refractivity (Wildman–Crippen MR) is 54.4 cm³/mol. The van der Waals surface area contributed by atoms with Gasteiger partial charge in [-0.2, -0.15) is 0 Å². The van der Waals surface area contributed by atoms with Gasteiger partial charge in [-0.05, 0) is 19.8 Å². The molecule has 15 heavy (non-hydrogen) atoms. The van der Waals surface area contributed by atoms with E-state index in [0.717, 1.165) is 26.1 Å². The molecule has 0 aromatic heterocycles. The Balaban J connectivity index is 2.05. The van der Waals surface area contributed by atoms with Crippen LogP contribution in [0.25, 0.3) is 0 Å². The SMILES string of the molecule is CC1CC(=O)CC(=O)N1C1CCOCC1. The number of amides is 1. The van der Waals surface area contributed by atoms with Crippen LogP contribution in [0, 0.1) is 0 Å². The second kappa shape index (κ2) is 4.31. The van der Waals surface area contributed by atoms with Crippen molar-refractivity contribution < 1.29 is 14.3 Å². The molecule has 0 radical (unpaired) electrons. The van der Waals surface area contributed by atoms with E-state index in [0.29, 0.717) is 6.42 Å². The zero-order chi connectivity index (χ0) is 10.8. The van der Waals surface area contributed by atoms with Gasteiger partial charge in [-0.1, -0.05) is 0 Å². The van der Waals surface area contributed by atoms with Crippen molar-refractivity contribution >= 4 is 11.7 Å². The molecule has 2 aliphatic rings. The Morgan fingerprint density at radius 3 is 2.53 bits per heavy atom. The van der Waals surface area contributed by atoms with Crippen molar-refractivity contribution in [3.8, 4) is 0 Å². The first-order valence-corrected chi connectivity index (χ1v) is 5.59. The van der Waals surface area contributed by atoms with Crippen LogP contribution in [0.3, 0.4) is 0 Å². The molecule has 1 atom stereocenters. The van der Waals surface area contributed by atoms with Gasteiger partial charge in [0, 0.05) is 31.7 Å². The van der Waals surface area contributed by atoms with Gasteiger partial charge in [0.1, 0.15) is 5.78 Å². The molecular weight excluding hydrogens is 194 g/mol. The predicted octanol–water partition coefficient (Wildman–Crippen LogP) is 0.745. The number of carbonyl (C=O) groups is 2. The van der Waals surface area contributed by atoms with Crippen LogP contribution in [0.15, 0.2) is 0 Å². The van der Waals surface area contributed by atoms with Crippen molar-refractivity contribution in [2.75, 3.05) is 13.2 Å². The van der Waals surface area contributed by atoms with Gasteiger partial charge in [-0.3, -0.25) is 9.59 Å². The van der Waals surface area contributed by atoms with Crippen LogP contribution in [-0.2, 0) is 14.3 Å². The first kappa shape index (κ1) is 10.6. The number of carbonyl (C=O) groups excluding carboxylic acids is 2. The van der Waals surface area contributed by atoms with Gasteiger partial charge in [0.25, 0.3) is 0 Å². The van der Waals surface area contributed by atoms with Crippen molar-refractivity contribution in [3.63, 3.8) is 0 Å². The highest BCUT2D eigenvalue weighted by Crippen LogP contribution is 2.23. The van der Waals surface area contributed by atoms with Crippen LogP contribution in [-0.4, -0.2) is 41.9 Å². The number of ketones is 1. The summed E-state index contributed by atoms with van der Waals surface area (Å²) in [6.07, 6.45) is 2.43. The lowest BCUT2D eigenvalue weighted by Crippen LogP contribution is -2.52. The maximum absolute atomic E-state index is 11.8. The summed E-state index contributed by atoms with van der Waals surface area (Å²) in [6.45, 7) is 3.43. The van der Waals surface area contributed by atoms with E-state index in [9.17, 15) is 9.59 Å². The molecular formula is C11H17NO3. The van der Waals surface area contributed by atoms with Crippen LogP contribution in [0.1, 0.15) is 32.6 Å². The minimum absolute atomic E-state index is 0.00523. The van der Waals surface area contributed by atoms with Crippen LogP contribution in [0.4, 0.5) is 0 Å². The summed E-state index contributed by atoms with van der Waals surface area (Å²) >= 11 is 0. The molecule has 4 heteroatoms. The third kappa shape index (κ3) is 2.20. The fourth-order valence-corrected chi connectivity index (χ4v) is 2.53.